The molecule has 116 valence electrons. The molecule has 20 heavy (non-hydrogen) atoms. The number of aliphatic hydroxyl groups excluding tert-OH is 1. The van der Waals surface area contributed by atoms with E-state index in [1.165, 1.54) is 6.08 Å². The minimum Gasteiger partial charge on any atom is -0.542 e. The van der Waals surface area contributed by atoms with Crippen LogP contribution in [0.3, 0.4) is 0 Å². The third-order valence-electron chi connectivity index (χ3n) is 2.48. The van der Waals surface area contributed by atoms with Crippen LogP contribution < -0.4 is 10.4 Å². The van der Waals surface area contributed by atoms with Gasteiger partial charge in [0, 0.05) is 0 Å². The number of aldehydes is 1. The van der Waals surface area contributed by atoms with E-state index in [0.29, 0.717) is 13.2 Å². The minimum absolute atomic E-state index is 0.0327. The fourth-order valence-corrected chi connectivity index (χ4v) is 1.28. The fraction of sp³-hybridized carbons (Fsp3) is 0.636. The number of aliphatic hydroxyl groups is 1. The van der Waals surface area contributed by atoms with Gasteiger partial charge in [-0.2, -0.15) is 13.2 Å². The van der Waals surface area contributed by atoms with Crippen LogP contribution in [-0.4, -0.2) is 56.4 Å². The van der Waals surface area contributed by atoms with Crippen LogP contribution in [0.5, 0.6) is 0 Å². The molecule has 0 bridgehead atoms. The van der Waals surface area contributed by atoms with Gasteiger partial charge in [0.2, 0.25) is 0 Å². The van der Waals surface area contributed by atoms with Crippen LogP contribution in [0.2, 0.25) is 0 Å². The Morgan fingerprint density at radius 1 is 1.45 bits per heavy atom. The van der Waals surface area contributed by atoms with Gasteiger partial charge < -0.3 is 25.1 Å². The predicted octanol–water partition coefficient (Wildman–Crippen LogP) is -2.39. The number of nitrogens with two attached hydrogens (primary N) is 1. The highest BCUT2D eigenvalue weighted by molar-refractivity contribution is 5.70. The third-order valence-corrected chi connectivity index (χ3v) is 2.48. The first-order valence-electron chi connectivity index (χ1n) is 5.66. The maximum absolute atomic E-state index is 10.5. The van der Waals surface area contributed by atoms with Gasteiger partial charge in [-0.05, 0) is 12.2 Å². The lowest BCUT2D eigenvalue weighted by Crippen LogP contribution is -2.88. The Hall–Kier alpha value is -1.45. The number of carboxylic acids is 1. The van der Waals surface area contributed by atoms with Crippen molar-refractivity contribution in [3.8, 4) is 0 Å². The van der Waals surface area contributed by atoms with Gasteiger partial charge in [0.25, 0.3) is 0 Å². The van der Waals surface area contributed by atoms with Crippen molar-refractivity contribution in [3.63, 3.8) is 0 Å². The van der Waals surface area contributed by atoms with Gasteiger partial charge >= 0.3 is 6.18 Å². The first-order valence-corrected chi connectivity index (χ1v) is 5.66. The molecule has 9 heteroatoms. The smallest absolute Gasteiger partial charge is 0.430 e. The number of carbonyl (C=O) groups excluding carboxylic acids is 2. The monoisotopic (exact) mass is 299 g/mol. The molecule has 6 nitrogen and oxygen atoms in total. The number of alkyl halides is 3. The van der Waals surface area contributed by atoms with E-state index in [1.807, 2.05) is 0 Å². The maximum atomic E-state index is 10.5. The second-order valence-electron chi connectivity index (χ2n) is 4.23. The molecule has 0 unspecified atom stereocenters. The van der Waals surface area contributed by atoms with Crippen LogP contribution in [0.25, 0.3) is 0 Å². The summed E-state index contributed by atoms with van der Waals surface area (Å²) >= 11 is 0. The van der Waals surface area contributed by atoms with Gasteiger partial charge in [-0.1, -0.05) is 0 Å². The Bertz CT molecular complexity index is 334. The maximum Gasteiger partial charge on any atom is 0.430 e. The molecule has 1 aliphatic rings. The second-order valence-corrected chi connectivity index (χ2v) is 4.23. The Kier molecular flexibility index (Phi) is 8.04. The summed E-state index contributed by atoms with van der Waals surface area (Å²) in [6, 6.07) is 0. The Morgan fingerprint density at radius 2 is 2.00 bits per heavy atom. The van der Waals surface area contributed by atoms with E-state index >= 15 is 0 Å². The summed E-state index contributed by atoms with van der Waals surface area (Å²) in [5, 5.41) is 19.9. The number of aliphatic carboxylic acids is 1. The summed E-state index contributed by atoms with van der Waals surface area (Å²) in [4.78, 5) is 18.7. The number of hydrogen-bond acceptors (Lipinski definition) is 5. The molecule has 1 aliphatic heterocycles. The van der Waals surface area contributed by atoms with Crippen molar-refractivity contribution in [2.24, 2.45) is 5.41 Å². The zero-order valence-electron chi connectivity index (χ0n) is 10.6. The molecule has 0 aromatic carbocycles. The van der Waals surface area contributed by atoms with Crippen LogP contribution >= 0.6 is 0 Å². The topological polar surface area (TPSA) is 103 Å². The number of carbonyl (C=O) groups is 2. The molecule has 0 radical (unpaired) electrons. The number of ether oxygens (including phenoxy) is 1. The molecular weight excluding hydrogens is 283 g/mol. The molecule has 0 atom stereocenters. The van der Waals surface area contributed by atoms with E-state index in [1.54, 1.807) is 6.08 Å². The summed E-state index contributed by atoms with van der Waals surface area (Å²) in [6.45, 7) is 3.11. The average Bonchev–Trinajstić information content (AvgIpc) is 2.31. The zero-order chi connectivity index (χ0) is 15.6. The van der Waals surface area contributed by atoms with E-state index in [-0.39, 0.29) is 12.0 Å². The lowest BCUT2D eigenvalue weighted by atomic mass is 9.87. The Morgan fingerprint density at radius 3 is 2.30 bits per heavy atom. The van der Waals surface area contributed by atoms with E-state index < -0.39 is 12.1 Å². The normalized spacial score (nSPS) is 17.0. The van der Waals surface area contributed by atoms with Gasteiger partial charge in [0.1, 0.15) is 12.3 Å². The highest BCUT2D eigenvalue weighted by Gasteiger charge is 2.39. The quantitative estimate of drug-likeness (QED) is 0.324. The van der Waals surface area contributed by atoms with Crippen molar-refractivity contribution in [2.75, 3.05) is 32.9 Å². The largest absolute Gasteiger partial charge is 0.542 e. The number of quaternary nitrogens is 1. The molecule has 0 aliphatic carbocycles. The van der Waals surface area contributed by atoms with Crippen LogP contribution in [0.1, 0.15) is 0 Å². The zero-order valence-corrected chi connectivity index (χ0v) is 10.6. The van der Waals surface area contributed by atoms with Crippen molar-refractivity contribution in [1.29, 1.82) is 0 Å². The molecule has 1 fully saturated rings. The molecule has 3 N–H and O–H groups in total. The van der Waals surface area contributed by atoms with Gasteiger partial charge in [0.15, 0.2) is 0 Å². The SMILES string of the molecule is O=C([O-])C(F)(F)F.O=CC=CC[NH2+]CC1(CO)COC1. The van der Waals surface area contributed by atoms with Crippen LogP contribution in [-0.2, 0) is 14.3 Å². The number of rotatable bonds is 6. The van der Waals surface area contributed by atoms with E-state index in [4.69, 9.17) is 19.7 Å². The number of hydrogen-bond donors (Lipinski definition) is 2. The molecule has 0 amide bonds. The number of carboxylic acid groups (broad SMARTS) is 1. The highest BCUT2D eigenvalue weighted by atomic mass is 19.4. The molecule has 0 aromatic rings. The van der Waals surface area contributed by atoms with Crippen LogP contribution in [0, 0.1) is 5.41 Å². The third kappa shape index (κ3) is 7.22. The van der Waals surface area contributed by atoms with E-state index in [0.717, 1.165) is 19.4 Å². The molecular formula is C11H16F3NO5. The van der Waals surface area contributed by atoms with Crippen LogP contribution in [0.15, 0.2) is 12.2 Å². The molecule has 0 spiro atoms. The predicted molar refractivity (Wildman–Crippen MR) is 58.3 cm³/mol. The Labute approximate surface area is 113 Å². The fourth-order valence-electron chi connectivity index (χ4n) is 1.28. The van der Waals surface area contributed by atoms with Gasteiger partial charge in [-0.25, -0.2) is 0 Å². The summed E-state index contributed by atoms with van der Waals surface area (Å²) in [5.74, 6) is -3.01. The number of halogens is 3. The van der Waals surface area contributed by atoms with Gasteiger partial charge in [-0.15, -0.1) is 0 Å². The minimum atomic E-state index is -5.19. The van der Waals surface area contributed by atoms with E-state index in [9.17, 15) is 18.0 Å². The highest BCUT2D eigenvalue weighted by Crippen LogP contribution is 2.24. The van der Waals surface area contributed by atoms with Crippen molar-refractivity contribution < 1.29 is 43.0 Å². The molecule has 0 saturated carbocycles. The molecule has 1 rings (SSSR count). The average molecular weight is 299 g/mol. The van der Waals surface area contributed by atoms with Crippen molar-refractivity contribution in [1.82, 2.24) is 0 Å². The lowest BCUT2D eigenvalue weighted by molar-refractivity contribution is -0.663. The summed E-state index contributed by atoms with van der Waals surface area (Å²) in [6.07, 6.45) is -1.14. The van der Waals surface area contributed by atoms with Crippen molar-refractivity contribution in [3.05, 3.63) is 12.2 Å². The molecule has 1 saturated heterocycles. The van der Waals surface area contributed by atoms with Crippen molar-refractivity contribution >= 4 is 12.3 Å². The van der Waals surface area contributed by atoms with Crippen molar-refractivity contribution in [2.45, 2.75) is 6.18 Å². The lowest BCUT2D eigenvalue weighted by Gasteiger charge is -2.37. The molecule has 1 heterocycles. The number of allylic oxidation sites excluding steroid dienone is 1. The molecule has 0 aromatic heterocycles. The van der Waals surface area contributed by atoms with Gasteiger partial charge in [-0.3, -0.25) is 4.79 Å². The van der Waals surface area contributed by atoms with Crippen LogP contribution in [0.4, 0.5) is 13.2 Å². The Balaban J connectivity index is 0.000000441. The summed E-state index contributed by atoms with van der Waals surface area (Å²) in [7, 11) is 0. The first-order chi connectivity index (χ1) is 9.27. The van der Waals surface area contributed by atoms with Gasteiger partial charge in [0.05, 0.1) is 38.3 Å². The second kappa shape index (κ2) is 8.67. The first kappa shape index (κ1) is 18.6. The standard InChI is InChI=1S/C9H15NO3.C2HF3O2/c11-4-2-1-3-10-5-9(6-12)7-13-8-9;3-2(4,5)1(6)7/h1-2,4,10,12H,3,5-8H2;(H,6,7). The summed E-state index contributed by atoms with van der Waals surface area (Å²) < 4.78 is 36.6. The summed E-state index contributed by atoms with van der Waals surface area (Å²) in [5.41, 5.74) is -0.0327. The van der Waals surface area contributed by atoms with E-state index in [2.05, 4.69) is 5.32 Å².